The molecule has 0 bridgehead atoms. The summed E-state index contributed by atoms with van der Waals surface area (Å²) in [5.74, 6) is 0. The first-order valence-corrected chi connectivity index (χ1v) is 5.54. The molecule has 0 amide bonds. The number of hydrogen-bond donors (Lipinski definition) is 1. The van der Waals surface area contributed by atoms with E-state index in [0.717, 1.165) is 19.3 Å². The zero-order valence-corrected chi connectivity index (χ0v) is 9.51. The van der Waals surface area contributed by atoms with E-state index < -0.39 is 0 Å². The van der Waals surface area contributed by atoms with Gasteiger partial charge in [0.15, 0.2) is 0 Å². The first-order chi connectivity index (χ1) is 6.69. The lowest BCUT2D eigenvalue weighted by atomic mass is 9.94. The lowest BCUT2D eigenvalue weighted by Gasteiger charge is -2.14. The van der Waals surface area contributed by atoms with Gasteiger partial charge in [0.2, 0.25) is 0 Å². The van der Waals surface area contributed by atoms with Crippen LogP contribution in [0.15, 0.2) is 18.2 Å². The quantitative estimate of drug-likeness (QED) is 0.778. The molecule has 0 saturated heterocycles. The second-order valence-electron chi connectivity index (χ2n) is 3.94. The average Bonchev–Trinajstić information content (AvgIpc) is 2.16. The molecular weight excluding hydrogens is 170 g/mol. The molecule has 0 radical (unpaired) electrons. The number of nitrogens with two attached hydrogens (primary N) is 1. The lowest BCUT2D eigenvalue weighted by Crippen LogP contribution is -2.19. The van der Waals surface area contributed by atoms with E-state index in [0.29, 0.717) is 0 Å². The largest absolute Gasteiger partial charge is 0.328 e. The van der Waals surface area contributed by atoms with Crippen LogP contribution in [0, 0.1) is 0 Å². The third-order valence-electron chi connectivity index (χ3n) is 2.65. The smallest absolute Gasteiger partial charge is 0.00510 e. The van der Waals surface area contributed by atoms with Crippen LogP contribution < -0.4 is 5.73 Å². The van der Waals surface area contributed by atoms with Gasteiger partial charge >= 0.3 is 0 Å². The van der Waals surface area contributed by atoms with Crippen molar-refractivity contribution in [2.24, 2.45) is 5.73 Å². The zero-order valence-electron chi connectivity index (χ0n) is 9.51. The highest BCUT2D eigenvalue weighted by Gasteiger charge is 2.06. The van der Waals surface area contributed by atoms with Gasteiger partial charge < -0.3 is 5.73 Å². The van der Waals surface area contributed by atoms with Crippen LogP contribution in [-0.2, 0) is 19.3 Å². The van der Waals surface area contributed by atoms with Crippen LogP contribution in [-0.4, -0.2) is 6.04 Å². The van der Waals surface area contributed by atoms with Crippen molar-refractivity contribution in [3.63, 3.8) is 0 Å². The van der Waals surface area contributed by atoms with Gasteiger partial charge in [-0.25, -0.2) is 0 Å². The van der Waals surface area contributed by atoms with E-state index in [2.05, 4.69) is 39.0 Å². The summed E-state index contributed by atoms with van der Waals surface area (Å²) in [6, 6.07) is 6.84. The van der Waals surface area contributed by atoms with Gasteiger partial charge in [0, 0.05) is 6.04 Å². The van der Waals surface area contributed by atoms with Gasteiger partial charge in [0.25, 0.3) is 0 Å². The fraction of sp³-hybridized carbons (Fsp3) is 0.538. The predicted octanol–water partition coefficient (Wildman–Crippen LogP) is 2.70. The van der Waals surface area contributed by atoms with Gasteiger partial charge in [-0.3, -0.25) is 0 Å². The summed E-state index contributed by atoms with van der Waals surface area (Å²) in [4.78, 5) is 0. The Morgan fingerprint density at radius 3 is 2.29 bits per heavy atom. The van der Waals surface area contributed by atoms with E-state index >= 15 is 0 Å². The van der Waals surface area contributed by atoms with E-state index in [-0.39, 0.29) is 6.04 Å². The van der Waals surface area contributed by atoms with Crippen molar-refractivity contribution in [3.8, 4) is 0 Å². The van der Waals surface area contributed by atoms with E-state index in [4.69, 9.17) is 5.73 Å². The highest BCUT2D eigenvalue weighted by Crippen LogP contribution is 2.17. The van der Waals surface area contributed by atoms with E-state index in [1.807, 2.05) is 0 Å². The van der Waals surface area contributed by atoms with Crippen molar-refractivity contribution in [2.75, 3.05) is 0 Å². The normalized spacial score (nSPS) is 12.9. The summed E-state index contributed by atoms with van der Waals surface area (Å²) >= 11 is 0. The highest BCUT2D eigenvalue weighted by atomic mass is 14.6. The van der Waals surface area contributed by atoms with Gasteiger partial charge in [0.1, 0.15) is 0 Å². The van der Waals surface area contributed by atoms with Crippen LogP contribution in [0.4, 0.5) is 0 Å². The van der Waals surface area contributed by atoms with Crippen molar-refractivity contribution in [1.82, 2.24) is 0 Å². The summed E-state index contributed by atoms with van der Waals surface area (Å²) in [5, 5.41) is 0. The second-order valence-corrected chi connectivity index (χ2v) is 3.94. The maximum absolute atomic E-state index is 5.84. The maximum Gasteiger partial charge on any atom is 0.00510 e. The Kier molecular flexibility index (Phi) is 4.15. The number of rotatable bonds is 4. The van der Waals surface area contributed by atoms with Crippen LogP contribution in [0.25, 0.3) is 0 Å². The van der Waals surface area contributed by atoms with Crippen LogP contribution >= 0.6 is 0 Å². The Bertz CT molecular complexity index is 289. The standard InChI is InChI=1S/C13H21N/c1-4-11-7-6-8-12(9-10(3)14)13(11)5-2/h6-8,10H,4-5,9,14H2,1-3H3. The molecule has 1 unspecified atom stereocenters. The molecule has 1 aromatic rings. The monoisotopic (exact) mass is 191 g/mol. The highest BCUT2D eigenvalue weighted by molar-refractivity contribution is 5.35. The van der Waals surface area contributed by atoms with Gasteiger partial charge in [-0.1, -0.05) is 32.0 Å². The molecule has 0 aliphatic heterocycles. The Morgan fingerprint density at radius 2 is 1.79 bits per heavy atom. The molecule has 0 aromatic heterocycles. The third-order valence-corrected chi connectivity index (χ3v) is 2.65. The molecule has 0 spiro atoms. The van der Waals surface area contributed by atoms with Crippen LogP contribution in [0.5, 0.6) is 0 Å². The van der Waals surface area contributed by atoms with Crippen molar-refractivity contribution >= 4 is 0 Å². The fourth-order valence-corrected chi connectivity index (χ4v) is 2.01. The van der Waals surface area contributed by atoms with Gasteiger partial charge in [-0.05, 0) is 42.9 Å². The Balaban J connectivity index is 3.02. The van der Waals surface area contributed by atoms with Gasteiger partial charge in [-0.15, -0.1) is 0 Å². The molecule has 0 aliphatic carbocycles. The minimum Gasteiger partial charge on any atom is -0.328 e. The Labute approximate surface area is 87.3 Å². The molecule has 1 heteroatoms. The molecule has 0 aliphatic rings. The molecule has 1 rings (SSSR count). The molecule has 0 heterocycles. The molecule has 78 valence electrons. The second kappa shape index (κ2) is 5.16. The van der Waals surface area contributed by atoms with E-state index in [1.54, 1.807) is 0 Å². The minimum absolute atomic E-state index is 0.257. The van der Waals surface area contributed by atoms with Gasteiger partial charge in [0.05, 0.1) is 0 Å². The van der Waals surface area contributed by atoms with Crippen LogP contribution in [0.2, 0.25) is 0 Å². The molecule has 0 fully saturated rings. The molecular formula is C13H21N. The summed E-state index contributed by atoms with van der Waals surface area (Å²) in [6.45, 7) is 6.50. The molecule has 1 aromatic carbocycles. The number of hydrogen-bond acceptors (Lipinski definition) is 1. The predicted molar refractivity (Wildman–Crippen MR) is 62.6 cm³/mol. The Hall–Kier alpha value is -0.820. The van der Waals surface area contributed by atoms with Crippen LogP contribution in [0.1, 0.15) is 37.5 Å². The SMILES string of the molecule is CCc1cccc(CC(C)N)c1CC. The molecule has 14 heavy (non-hydrogen) atoms. The van der Waals surface area contributed by atoms with Gasteiger partial charge in [-0.2, -0.15) is 0 Å². The summed E-state index contributed by atoms with van der Waals surface area (Å²) < 4.78 is 0. The number of aryl methyl sites for hydroxylation is 1. The molecule has 2 N–H and O–H groups in total. The first kappa shape index (κ1) is 11.3. The molecule has 0 saturated carbocycles. The van der Waals surface area contributed by atoms with Crippen molar-refractivity contribution in [1.29, 1.82) is 0 Å². The lowest BCUT2D eigenvalue weighted by molar-refractivity contribution is 0.730. The molecule has 1 atom stereocenters. The summed E-state index contributed by atoms with van der Waals surface area (Å²) in [6.07, 6.45) is 3.24. The summed E-state index contributed by atoms with van der Waals surface area (Å²) in [5.41, 5.74) is 10.3. The summed E-state index contributed by atoms with van der Waals surface area (Å²) in [7, 11) is 0. The zero-order chi connectivity index (χ0) is 10.6. The maximum atomic E-state index is 5.84. The van der Waals surface area contributed by atoms with E-state index in [1.165, 1.54) is 16.7 Å². The first-order valence-electron chi connectivity index (χ1n) is 5.54. The van der Waals surface area contributed by atoms with E-state index in [9.17, 15) is 0 Å². The van der Waals surface area contributed by atoms with Crippen molar-refractivity contribution in [3.05, 3.63) is 34.9 Å². The number of benzene rings is 1. The van der Waals surface area contributed by atoms with Crippen molar-refractivity contribution < 1.29 is 0 Å². The van der Waals surface area contributed by atoms with Crippen LogP contribution in [0.3, 0.4) is 0 Å². The topological polar surface area (TPSA) is 26.0 Å². The molecule has 1 nitrogen and oxygen atoms in total. The fourth-order valence-electron chi connectivity index (χ4n) is 2.01. The third kappa shape index (κ3) is 2.58. The van der Waals surface area contributed by atoms with Crippen molar-refractivity contribution in [2.45, 2.75) is 46.1 Å². The average molecular weight is 191 g/mol. The minimum atomic E-state index is 0.257. The Morgan fingerprint density at radius 1 is 1.14 bits per heavy atom.